The second kappa shape index (κ2) is 9.44. The van der Waals surface area contributed by atoms with Crippen molar-refractivity contribution in [2.45, 2.75) is 18.8 Å². The van der Waals surface area contributed by atoms with Crippen LogP contribution < -0.4 is 4.74 Å². The van der Waals surface area contributed by atoms with E-state index in [0.29, 0.717) is 41.4 Å². The monoisotopic (exact) mass is 496 g/mol. The van der Waals surface area contributed by atoms with Gasteiger partial charge < -0.3 is 9.64 Å². The SMILES string of the molecule is C=CC(=O)N1CCCC(c2nn(-c3ccc(Oc4cc(F)cc(F)c4F)cc3)c3cncc(F)c23)C1. The number of pyridine rings is 1. The van der Waals surface area contributed by atoms with Gasteiger partial charge in [-0.15, -0.1) is 0 Å². The minimum absolute atomic E-state index is 0.134. The number of likely N-dealkylation sites (tertiary alicyclic amines) is 1. The molecule has 0 bridgehead atoms. The lowest BCUT2D eigenvalue weighted by molar-refractivity contribution is -0.127. The topological polar surface area (TPSA) is 60.2 Å². The molecule has 1 fully saturated rings. The van der Waals surface area contributed by atoms with Crippen molar-refractivity contribution < 1.29 is 27.1 Å². The second-order valence-electron chi connectivity index (χ2n) is 8.44. The normalized spacial score (nSPS) is 15.8. The molecule has 1 saturated heterocycles. The molecule has 1 aliphatic rings. The van der Waals surface area contributed by atoms with E-state index in [-0.39, 0.29) is 17.6 Å². The van der Waals surface area contributed by atoms with Gasteiger partial charge in [0.25, 0.3) is 0 Å². The number of fused-ring (bicyclic) bond motifs is 1. The fraction of sp³-hybridized carbons (Fsp3) is 0.192. The molecule has 4 aromatic rings. The molecule has 2 aromatic carbocycles. The van der Waals surface area contributed by atoms with E-state index < -0.39 is 29.0 Å². The molecule has 0 N–H and O–H groups in total. The summed E-state index contributed by atoms with van der Waals surface area (Å²) in [7, 11) is 0. The number of carbonyl (C=O) groups excluding carboxylic acids is 1. The fourth-order valence-corrected chi connectivity index (χ4v) is 4.45. The van der Waals surface area contributed by atoms with Gasteiger partial charge in [0.1, 0.15) is 11.6 Å². The van der Waals surface area contributed by atoms with Crippen molar-refractivity contribution in [2.75, 3.05) is 13.1 Å². The standard InChI is InChI=1S/C26H20F4N4O2/c1-2-23(35)33-9-3-4-15(14-33)26-24-20(29)12-31-13-21(24)34(32-26)17-5-7-18(8-6-17)36-22-11-16(27)10-19(28)25(22)30/h2,5-8,10-13,15H,1,3-4,9,14H2. The Balaban J connectivity index is 1.49. The van der Waals surface area contributed by atoms with E-state index in [1.807, 2.05) is 0 Å². The minimum Gasteiger partial charge on any atom is -0.454 e. The zero-order valence-corrected chi connectivity index (χ0v) is 18.9. The van der Waals surface area contributed by atoms with Crippen molar-refractivity contribution in [1.82, 2.24) is 19.7 Å². The molecule has 5 rings (SSSR count). The third kappa shape index (κ3) is 4.30. The summed E-state index contributed by atoms with van der Waals surface area (Å²) in [6, 6.07) is 7.32. The molecule has 0 aliphatic carbocycles. The zero-order chi connectivity index (χ0) is 25.4. The second-order valence-corrected chi connectivity index (χ2v) is 8.44. The van der Waals surface area contributed by atoms with Gasteiger partial charge >= 0.3 is 0 Å². The summed E-state index contributed by atoms with van der Waals surface area (Å²) in [5.41, 5.74) is 1.49. The quantitative estimate of drug-likeness (QED) is 0.203. The van der Waals surface area contributed by atoms with Crippen molar-refractivity contribution in [2.24, 2.45) is 0 Å². The number of piperidine rings is 1. The first kappa shape index (κ1) is 23.5. The average Bonchev–Trinajstić information content (AvgIpc) is 3.28. The van der Waals surface area contributed by atoms with Gasteiger partial charge in [-0.05, 0) is 43.2 Å². The molecule has 2 aromatic heterocycles. The van der Waals surface area contributed by atoms with E-state index in [0.717, 1.165) is 25.1 Å². The van der Waals surface area contributed by atoms with Crippen LogP contribution in [0.5, 0.6) is 11.5 Å². The van der Waals surface area contributed by atoms with Gasteiger partial charge in [-0.3, -0.25) is 9.78 Å². The van der Waals surface area contributed by atoms with E-state index in [1.54, 1.807) is 17.0 Å². The third-order valence-corrected chi connectivity index (χ3v) is 6.13. The first-order valence-electron chi connectivity index (χ1n) is 11.2. The Morgan fingerprint density at radius 1 is 1.08 bits per heavy atom. The Kier molecular flexibility index (Phi) is 6.17. The van der Waals surface area contributed by atoms with Crippen LogP contribution in [-0.4, -0.2) is 38.7 Å². The summed E-state index contributed by atoms with van der Waals surface area (Å²) in [5.74, 6) is -4.98. The van der Waals surface area contributed by atoms with Crippen molar-refractivity contribution in [3.63, 3.8) is 0 Å². The highest BCUT2D eigenvalue weighted by molar-refractivity contribution is 5.87. The van der Waals surface area contributed by atoms with Gasteiger partial charge in [-0.2, -0.15) is 9.49 Å². The van der Waals surface area contributed by atoms with Gasteiger partial charge in [0.15, 0.2) is 17.4 Å². The fourth-order valence-electron chi connectivity index (χ4n) is 4.45. The lowest BCUT2D eigenvalue weighted by atomic mass is 9.93. The highest BCUT2D eigenvalue weighted by Crippen LogP contribution is 2.34. The summed E-state index contributed by atoms with van der Waals surface area (Å²) in [6.07, 6.45) is 5.36. The Bertz CT molecular complexity index is 1470. The molecule has 1 atom stereocenters. The number of nitrogens with zero attached hydrogens (tertiary/aromatic N) is 4. The Hall–Kier alpha value is -4.21. The van der Waals surface area contributed by atoms with Crippen molar-refractivity contribution >= 4 is 16.8 Å². The van der Waals surface area contributed by atoms with Crippen molar-refractivity contribution in [3.05, 3.63) is 90.4 Å². The zero-order valence-electron chi connectivity index (χ0n) is 18.9. The third-order valence-electron chi connectivity index (χ3n) is 6.13. The van der Waals surface area contributed by atoms with Gasteiger partial charge in [0.2, 0.25) is 11.7 Å². The summed E-state index contributed by atoms with van der Waals surface area (Å²) >= 11 is 0. The molecule has 0 saturated carbocycles. The van der Waals surface area contributed by atoms with Gasteiger partial charge in [0.05, 0.1) is 34.7 Å². The smallest absolute Gasteiger partial charge is 0.245 e. The van der Waals surface area contributed by atoms with Crippen LogP contribution in [0.2, 0.25) is 0 Å². The molecule has 1 aliphatic heterocycles. The number of benzene rings is 2. The van der Waals surface area contributed by atoms with Crippen LogP contribution in [0.3, 0.4) is 0 Å². The maximum absolute atomic E-state index is 14.9. The predicted octanol–water partition coefficient (Wildman–Crippen LogP) is 5.66. The molecule has 0 radical (unpaired) electrons. The number of aromatic nitrogens is 3. The predicted molar refractivity (Wildman–Crippen MR) is 124 cm³/mol. The van der Waals surface area contributed by atoms with Gasteiger partial charge in [-0.25, -0.2) is 17.9 Å². The molecule has 184 valence electrons. The number of amides is 1. The number of ether oxygens (including phenoxy) is 1. The summed E-state index contributed by atoms with van der Waals surface area (Å²) < 4.78 is 62.7. The number of halogens is 4. The van der Waals surface area contributed by atoms with E-state index in [1.165, 1.54) is 29.1 Å². The molecule has 1 amide bonds. The van der Waals surface area contributed by atoms with Gasteiger partial charge in [0, 0.05) is 31.1 Å². The van der Waals surface area contributed by atoms with E-state index in [2.05, 4.69) is 16.7 Å². The summed E-state index contributed by atoms with van der Waals surface area (Å²) in [5, 5.41) is 5.01. The van der Waals surface area contributed by atoms with E-state index >= 15 is 0 Å². The van der Waals surface area contributed by atoms with E-state index in [4.69, 9.17) is 4.74 Å². The molecular weight excluding hydrogens is 476 g/mol. The number of hydrogen-bond acceptors (Lipinski definition) is 4. The van der Waals surface area contributed by atoms with Crippen LogP contribution in [0.25, 0.3) is 16.6 Å². The average molecular weight is 496 g/mol. The first-order valence-corrected chi connectivity index (χ1v) is 11.2. The maximum Gasteiger partial charge on any atom is 0.245 e. The Labute approximate surface area is 203 Å². The van der Waals surface area contributed by atoms with Crippen LogP contribution in [-0.2, 0) is 4.79 Å². The van der Waals surface area contributed by atoms with Crippen LogP contribution in [0.15, 0.2) is 61.4 Å². The highest BCUT2D eigenvalue weighted by Gasteiger charge is 2.29. The molecule has 1 unspecified atom stereocenters. The number of carbonyl (C=O) groups is 1. The lowest BCUT2D eigenvalue weighted by Gasteiger charge is -2.31. The van der Waals surface area contributed by atoms with Crippen LogP contribution in [0, 0.1) is 23.3 Å². The Morgan fingerprint density at radius 2 is 1.86 bits per heavy atom. The lowest BCUT2D eigenvalue weighted by Crippen LogP contribution is -2.38. The summed E-state index contributed by atoms with van der Waals surface area (Å²) in [6.45, 7) is 4.53. The number of rotatable bonds is 5. The highest BCUT2D eigenvalue weighted by atomic mass is 19.2. The molecule has 6 nitrogen and oxygen atoms in total. The minimum atomic E-state index is -1.36. The molecule has 36 heavy (non-hydrogen) atoms. The maximum atomic E-state index is 14.9. The van der Waals surface area contributed by atoms with Crippen molar-refractivity contribution in [1.29, 1.82) is 0 Å². The van der Waals surface area contributed by atoms with Gasteiger partial charge in [-0.1, -0.05) is 6.58 Å². The Morgan fingerprint density at radius 3 is 2.61 bits per heavy atom. The molecule has 0 spiro atoms. The molecule has 3 heterocycles. The van der Waals surface area contributed by atoms with Crippen LogP contribution in [0.1, 0.15) is 24.5 Å². The molecular formula is C26H20F4N4O2. The van der Waals surface area contributed by atoms with E-state index in [9.17, 15) is 22.4 Å². The molecule has 10 heteroatoms. The first-order chi connectivity index (χ1) is 17.4. The number of hydrogen-bond donors (Lipinski definition) is 0. The largest absolute Gasteiger partial charge is 0.454 e. The van der Waals surface area contributed by atoms with Crippen molar-refractivity contribution in [3.8, 4) is 17.2 Å². The van der Waals surface area contributed by atoms with Crippen LogP contribution >= 0.6 is 0 Å². The van der Waals surface area contributed by atoms with Crippen LogP contribution in [0.4, 0.5) is 17.6 Å². The summed E-state index contributed by atoms with van der Waals surface area (Å²) in [4.78, 5) is 17.8.